The van der Waals surface area contributed by atoms with E-state index in [-0.39, 0.29) is 12.0 Å². The van der Waals surface area contributed by atoms with Crippen LogP contribution in [0.15, 0.2) is 0 Å². The molecule has 1 aliphatic heterocycles. The third-order valence-electron chi connectivity index (χ3n) is 4.54. The predicted octanol–water partition coefficient (Wildman–Crippen LogP) is 1.84. The highest BCUT2D eigenvalue weighted by Gasteiger charge is 2.35. The van der Waals surface area contributed by atoms with Crippen molar-refractivity contribution < 1.29 is 9.53 Å². The first-order chi connectivity index (χ1) is 9.22. The van der Waals surface area contributed by atoms with Crippen LogP contribution in [0.1, 0.15) is 52.4 Å². The van der Waals surface area contributed by atoms with Crippen molar-refractivity contribution in [3.8, 4) is 0 Å². The van der Waals surface area contributed by atoms with Gasteiger partial charge in [-0.25, -0.2) is 0 Å². The van der Waals surface area contributed by atoms with E-state index in [1.807, 2.05) is 13.8 Å². The van der Waals surface area contributed by atoms with Gasteiger partial charge in [-0.1, -0.05) is 12.8 Å². The number of rotatable bonds is 5. The van der Waals surface area contributed by atoms with Crippen molar-refractivity contribution >= 4 is 5.97 Å². The lowest BCUT2D eigenvalue weighted by atomic mass is 9.88. The summed E-state index contributed by atoms with van der Waals surface area (Å²) in [7, 11) is 0. The zero-order chi connectivity index (χ0) is 13.7. The molecule has 0 spiro atoms. The molecule has 1 saturated heterocycles. The van der Waals surface area contributed by atoms with E-state index in [1.165, 1.54) is 38.5 Å². The minimum absolute atomic E-state index is 0.121. The summed E-state index contributed by atoms with van der Waals surface area (Å²) in [5, 5.41) is 7.16. The molecule has 0 radical (unpaired) electrons. The number of esters is 1. The van der Waals surface area contributed by atoms with Crippen molar-refractivity contribution in [3.63, 3.8) is 0 Å². The first-order valence-electron chi connectivity index (χ1n) is 7.88. The molecule has 110 valence electrons. The Kier molecular flexibility index (Phi) is 5.64. The van der Waals surface area contributed by atoms with Gasteiger partial charge in [0.1, 0.15) is 6.04 Å². The van der Waals surface area contributed by atoms with Crippen molar-refractivity contribution in [3.05, 3.63) is 0 Å². The molecule has 0 aromatic carbocycles. The van der Waals surface area contributed by atoms with Crippen LogP contribution in [0.5, 0.6) is 0 Å². The molecule has 0 bridgehead atoms. The van der Waals surface area contributed by atoms with E-state index in [0.29, 0.717) is 24.6 Å². The van der Waals surface area contributed by atoms with Crippen molar-refractivity contribution in [1.29, 1.82) is 0 Å². The van der Waals surface area contributed by atoms with E-state index >= 15 is 0 Å². The summed E-state index contributed by atoms with van der Waals surface area (Å²) >= 11 is 0. The summed E-state index contributed by atoms with van der Waals surface area (Å²) in [5.41, 5.74) is 0. The molecule has 2 N–H and O–H groups in total. The van der Waals surface area contributed by atoms with Crippen LogP contribution < -0.4 is 10.6 Å². The highest BCUT2D eigenvalue weighted by atomic mass is 16.5. The molecule has 2 aliphatic rings. The fourth-order valence-electron chi connectivity index (χ4n) is 3.58. The Labute approximate surface area is 116 Å². The second-order valence-corrected chi connectivity index (χ2v) is 5.90. The van der Waals surface area contributed by atoms with Crippen molar-refractivity contribution in [1.82, 2.24) is 10.6 Å². The van der Waals surface area contributed by atoms with Gasteiger partial charge in [0, 0.05) is 12.1 Å². The van der Waals surface area contributed by atoms with Gasteiger partial charge in [-0.2, -0.15) is 0 Å². The Morgan fingerprint density at radius 3 is 2.84 bits per heavy atom. The summed E-state index contributed by atoms with van der Waals surface area (Å²) in [6.07, 6.45) is 7.68. The maximum absolute atomic E-state index is 11.7. The number of piperidine rings is 1. The van der Waals surface area contributed by atoms with Gasteiger partial charge in [-0.05, 0) is 52.0 Å². The van der Waals surface area contributed by atoms with Crippen LogP contribution in [-0.4, -0.2) is 37.2 Å². The summed E-state index contributed by atoms with van der Waals surface area (Å²) in [4.78, 5) is 11.7. The van der Waals surface area contributed by atoms with E-state index in [1.54, 1.807) is 0 Å². The van der Waals surface area contributed by atoms with Gasteiger partial charge in [0.2, 0.25) is 0 Å². The maximum atomic E-state index is 11.7. The topological polar surface area (TPSA) is 50.4 Å². The molecule has 0 amide bonds. The molecule has 1 heterocycles. The minimum Gasteiger partial charge on any atom is -0.465 e. The van der Waals surface area contributed by atoms with E-state index in [2.05, 4.69) is 10.6 Å². The molecule has 2 rings (SSSR count). The van der Waals surface area contributed by atoms with Crippen LogP contribution in [0.3, 0.4) is 0 Å². The third-order valence-corrected chi connectivity index (χ3v) is 4.54. The van der Waals surface area contributed by atoms with Crippen molar-refractivity contribution in [2.24, 2.45) is 5.92 Å². The zero-order valence-corrected chi connectivity index (χ0v) is 12.3. The molecular formula is C15H28N2O2. The predicted molar refractivity (Wildman–Crippen MR) is 76.0 cm³/mol. The lowest BCUT2D eigenvalue weighted by molar-refractivity contribution is -0.145. The van der Waals surface area contributed by atoms with Gasteiger partial charge in [-0.15, -0.1) is 0 Å². The number of carbonyl (C=O) groups is 1. The molecule has 1 saturated carbocycles. The lowest BCUT2D eigenvalue weighted by Crippen LogP contribution is -2.50. The van der Waals surface area contributed by atoms with Crippen molar-refractivity contribution in [2.45, 2.75) is 70.5 Å². The zero-order valence-electron chi connectivity index (χ0n) is 12.3. The maximum Gasteiger partial charge on any atom is 0.322 e. The highest BCUT2D eigenvalue weighted by Crippen LogP contribution is 2.32. The van der Waals surface area contributed by atoms with Crippen LogP contribution in [0, 0.1) is 5.92 Å². The van der Waals surface area contributed by atoms with Gasteiger partial charge in [-0.3, -0.25) is 4.79 Å². The standard InChI is InChI=1S/C15H28N2O2/c1-3-19-15(18)11(2)17-14-9-6-7-12(14)13-8-4-5-10-16-13/h11-14,16-17H,3-10H2,1-2H3. The Morgan fingerprint density at radius 2 is 2.16 bits per heavy atom. The fraction of sp³-hybridized carbons (Fsp3) is 0.933. The van der Waals surface area contributed by atoms with Crippen molar-refractivity contribution in [2.75, 3.05) is 13.2 Å². The SMILES string of the molecule is CCOC(=O)C(C)NC1CCCC1C1CCCCN1. The van der Waals surface area contributed by atoms with Gasteiger partial charge < -0.3 is 15.4 Å². The van der Waals surface area contributed by atoms with E-state index in [4.69, 9.17) is 4.74 Å². The average Bonchev–Trinajstić information content (AvgIpc) is 2.88. The normalized spacial score (nSPS) is 33.1. The quantitative estimate of drug-likeness (QED) is 0.747. The molecule has 4 atom stereocenters. The molecule has 4 heteroatoms. The Morgan fingerprint density at radius 1 is 1.32 bits per heavy atom. The Hall–Kier alpha value is -0.610. The molecule has 4 nitrogen and oxygen atoms in total. The van der Waals surface area contributed by atoms with Crippen LogP contribution in [0.2, 0.25) is 0 Å². The molecule has 19 heavy (non-hydrogen) atoms. The lowest BCUT2D eigenvalue weighted by Gasteiger charge is -2.34. The smallest absolute Gasteiger partial charge is 0.322 e. The second-order valence-electron chi connectivity index (χ2n) is 5.90. The van der Waals surface area contributed by atoms with Gasteiger partial charge in [0.15, 0.2) is 0 Å². The largest absolute Gasteiger partial charge is 0.465 e. The highest BCUT2D eigenvalue weighted by molar-refractivity contribution is 5.75. The number of carbonyl (C=O) groups excluding carboxylic acids is 1. The average molecular weight is 268 g/mol. The monoisotopic (exact) mass is 268 g/mol. The molecular weight excluding hydrogens is 240 g/mol. The fourth-order valence-corrected chi connectivity index (χ4v) is 3.58. The summed E-state index contributed by atoms with van der Waals surface area (Å²) in [6, 6.07) is 0.923. The van der Waals surface area contributed by atoms with E-state index in [9.17, 15) is 4.79 Å². The minimum atomic E-state index is -0.186. The summed E-state index contributed by atoms with van der Waals surface area (Å²) in [6.45, 7) is 5.39. The van der Waals surface area contributed by atoms with E-state index < -0.39 is 0 Å². The molecule has 1 aliphatic carbocycles. The van der Waals surface area contributed by atoms with Gasteiger partial charge >= 0.3 is 5.97 Å². The van der Waals surface area contributed by atoms with Gasteiger partial charge in [0.05, 0.1) is 6.61 Å². The number of hydrogen-bond acceptors (Lipinski definition) is 4. The van der Waals surface area contributed by atoms with Gasteiger partial charge in [0.25, 0.3) is 0 Å². The Bertz CT molecular complexity index is 290. The Balaban J connectivity index is 1.85. The molecule has 0 aromatic rings. The van der Waals surface area contributed by atoms with Crippen LogP contribution in [0.25, 0.3) is 0 Å². The first-order valence-corrected chi connectivity index (χ1v) is 7.88. The number of ether oxygens (including phenoxy) is 1. The molecule has 4 unspecified atom stereocenters. The van der Waals surface area contributed by atoms with Crippen LogP contribution in [-0.2, 0) is 9.53 Å². The number of hydrogen-bond donors (Lipinski definition) is 2. The third kappa shape index (κ3) is 3.93. The molecule has 0 aromatic heterocycles. The summed E-state index contributed by atoms with van der Waals surface area (Å²) < 4.78 is 5.08. The van der Waals surface area contributed by atoms with Crippen LogP contribution in [0.4, 0.5) is 0 Å². The van der Waals surface area contributed by atoms with E-state index in [0.717, 1.165) is 6.54 Å². The second kappa shape index (κ2) is 7.25. The van der Waals surface area contributed by atoms with Crippen LogP contribution >= 0.6 is 0 Å². The summed E-state index contributed by atoms with van der Waals surface area (Å²) in [5.74, 6) is 0.557. The first kappa shape index (κ1) is 14.8. The number of nitrogens with one attached hydrogen (secondary N) is 2. The molecule has 2 fully saturated rings.